The molecule has 6 heteroatoms. The molecule has 0 spiro atoms. The Labute approximate surface area is 159 Å². The number of ether oxygens (including phenoxy) is 1. The second-order valence-electron chi connectivity index (χ2n) is 6.99. The minimum atomic E-state index is -0.193. The maximum atomic E-state index is 13.0. The SMILES string of the molecule is CCOc1ccc(NC(=O)C[NH+]2CC[NH+](Cc3ccc(F)cc3)CC2)cc1. The summed E-state index contributed by atoms with van der Waals surface area (Å²) in [5, 5.41) is 2.96. The summed E-state index contributed by atoms with van der Waals surface area (Å²) in [4.78, 5) is 15.1. The summed E-state index contributed by atoms with van der Waals surface area (Å²) in [6, 6.07) is 14.2. The van der Waals surface area contributed by atoms with Crippen molar-refractivity contribution in [1.82, 2.24) is 0 Å². The van der Waals surface area contributed by atoms with E-state index in [0.717, 1.165) is 49.7 Å². The third-order valence-corrected chi connectivity index (χ3v) is 4.89. The maximum Gasteiger partial charge on any atom is 0.279 e. The number of nitrogens with one attached hydrogen (secondary N) is 3. The number of hydrogen-bond donors (Lipinski definition) is 3. The Morgan fingerprint density at radius 3 is 2.26 bits per heavy atom. The Kier molecular flexibility index (Phi) is 6.79. The van der Waals surface area contributed by atoms with E-state index in [1.54, 1.807) is 0 Å². The van der Waals surface area contributed by atoms with Crippen LogP contribution < -0.4 is 19.9 Å². The lowest BCUT2D eigenvalue weighted by Gasteiger charge is -2.29. The Bertz CT molecular complexity index is 726. The van der Waals surface area contributed by atoms with Crippen LogP contribution in [0.2, 0.25) is 0 Å². The third kappa shape index (κ3) is 6.05. The number of hydrogen-bond acceptors (Lipinski definition) is 2. The lowest BCUT2D eigenvalue weighted by atomic mass is 10.2. The maximum absolute atomic E-state index is 13.0. The molecule has 1 heterocycles. The topological polar surface area (TPSA) is 47.2 Å². The van der Waals surface area contributed by atoms with Gasteiger partial charge in [-0.1, -0.05) is 12.1 Å². The number of piperazine rings is 1. The van der Waals surface area contributed by atoms with Gasteiger partial charge in [0, 0.05) is 11.3 Å². The minimum absolute atomic E-state index is 0.0381. The van der Waals surface area contributed by atoms with Gasteiger partial charge in [-0.2, -0.15) is 0 Å². The fourth-order valence-corrected chi connectivity index (χ4v) is 3.43. The highest BCUT2D eigenvalue weighted by molar-refractivity contribution is 5.91. The van der Waals surface area contributed by atoms with E-state index in [4.69, 9.17) is 4.74 Å². The number of halogens is 1. The molecule has 0 aliphatic carbocycles. The van der Waals surface area contributed by atoms with Gasteiger partial charge in [0.05, 0.1) is 6.61 Å². The Morgan fingerprint density at radius 2 is 1.63 bits per heavy atom. The van der Waals surface area contributed by atoms with Gasteiger partial charge in [0.15, 0.2) is 6.54 Å². The minimum Gasteiger partial charge on any atom is -0.494 e. The summed E-state index contributed by atoms with van der Waals surface area (Å²) in [7, 11) is 0. The standard InChI is InChI=1S/C21H26FN3O2/c1-2-27-20-9-7-19(8-10-20)23-21(26)16-25-13-11-24(12-14-25)15-17-3-5-18(22)6-4-17/h3-10H,2,11-16H2,1H3,(H,23,26)/p+2. The zero-order chi connectivity index (χ0) is 19.1. The number of benzene rings is 2. The van der Waals surface area contributed by atoms with Crippen LogP contribution in [0.3, 0.4) is 0 Å². The fraction of sp³-hybridized carbons (Fsp3) is 0.381. The van der Waals surface area contributed by atoms with Gasteiger partial charge in [-0.15, -0.1) is 0 Å². The predicted molar refractivity (Wildman–Crippen MR) is 103 cm³/mol. The highest BCUT2D eigenvalue weighted by Gasteiger charge is 2.24. The largest absolute Gasteiger partial charge is 0.494 e. The number of anilines is 1. The number of carbonyl (C=O) groups is 1. The number of rotatable bonds is 7. The second kappa shape index (κ2) is 9.48. The molecule has 0 radical (unpaired) electrons. The molecule has 3 N–H and O–H groups in total. The summed E-state index contributed by atoms with van der Waals surface area (Å²) < 4.78 is 18.4. The smallest absolute Gasteiger partial charge is 0.279 e. The van der Waals surface area contributed by atoms with Gasteiger partial charge in [0.1, 0.15) is 44.3 Å². The van der Waals surface area contributed by atoms with Crippen LogP contribution in [0.25, 0.3) is 0 Å². The molecule has 27 heavy (non-hydrogen) atoms. The zero-order valence-electron chi connectivity index (χ0n) is 15.8. The highest BCUT2D eigenvalue weighted by atomic mass is 19.1. The van der Waals surface area contributed by atoms with Crippen molar-refractivity contribution >= 4 is 11.6 Å². The lowest BCUT2D eigenvalue weighted by molar-refractivity contribution is -1.02. The quantitative estimate of drug-likeness (QED) is 0.647. The first kappa shape index (κ1) is 19.3. The van der Waals surface area contributed by atoms with Crippen molar-refractivity contribution in [2.45, 2.75) is 13.5 Å². The van der Waals surface area contributed by atoms with Crippen LogP contribution in [-0.4, -0.2) is 45.2 Å². The van der Waals surface area contributed by atoms with E-state index in [-0.39, 0.29) is 11.7 Å². The second-order valence-corrected chi connectivity index (χ2v) is 6.99. The normalized spacial score (nSPS) is 19.5. The number of amides is 1. The van der Waals surface area contributed by atoms with Crippen molar-refractivity contribution < 1.29 is 23.7 Å². The van der Waals surface area contributed by atoms with Crippen molar-refractivity contribution in [3.63, 3.8) is 0 Å². The van der Waals surface area contributed by atoms with Crippen LogP contribution in [0, 0.1) is 5.82 Å². The molecule has 3 rings (SSSR count). The third-order valence-electron chi connectivity index (χ3n) is 4.89. The molecule has 1 fully saturated rings. The Balaban J connectivity index is 1.40. The van der Waals surface area contributed by atoms with E-state index < -0.39 is 0 Å². The summed E-state index contributed by atoms with van der Waals surface area (Å²) in [5.41, 5.74) is 1.95. The monoisotopic (exact) mass is 373 g/mol. The van der Waals surface area contributed by atoms with Crippen molar-refractivity contribution in [2.75, 3.05) is 44.6 Å². The van der Waals surface area contributed by atoms with E-state index in [0.29, 0.717) is 13.2 Å². The summed E-state index contributed by atoms with van der Waals surface area (Å²) in [6.45, 7) is 7.93. The van der Waals surface area contributed by atoms with E-state index in [1.807, 2.05) is 43.3 Å². The predicted octanol–water partition coefficient (Wildman–Crippen LogP) is 0.147. The molecule has 5 nitrogen and oxygen atoms in total. The van der Waals surface area contributed by atoms with E-state index >= 15 is 0 Å². The van der Waals surface area contributed by atoms with Gasteiger partial charge in [0.2, 0.25) is 0 Å². The molecule has 1 aliphatic heterocycles. The first-order valence-corrected chi connectivity index (χ1v) is 9.56. The lowest BCUT2D eigenvalue weighted by Crippen LogP contribution is -3.28. The summed E-state index contributed by atoms with van der Waals surface area (Å²) in [6.07, 6.45) is 0. The Morgan fingerprint density at radius 1 is 1.00 bits per heavy atom. The van der Waals surface area contributed by atoms with Crippen LogP contribution in [0.1, 0.15) is 12.5 Å². The molecule has 1 amide bonds. The highest BCUT2D eigenvalue weighted by Crippen LogP contribution is 2.15. The molecular weight excluding hydrogens is 345 g/mol. The van der Waals surface area contributed by atoms with Crippen molar-refractivity contribution in [3.05, 3.63) is 59.9 Å². The van der Waals surface area contributed by atoms with Crippen molar-refractivity contribution in [3.8, 4) is 5.75 Å². The number of quaternary nitrogens is 2. The van der Waals surface area contributed by atoms with Gasteiger partial charge < -0.3 is 19.9 Å². The van der Waals surface area contributed by atoms with Gasteiger partial charge in [-0.05, 0) is 43.3 Å². The number of carbonyl (C=O) groups excluding carboxylic acids is 1. The molecule has 144 valence electrons. The van der Waals surface area contributed by atoms with Gasteiger partial charge in [-0.25, -0.2) is 4.39 Å². The van der Waals surface area contributed by atoms with Crippen LogP contribution in [-0.2, 0) is 11.3 Å². The molecule has 1 saturated heterocycles. The molecule has 0 saturated carbocycles. The Hall–Kier alpha value is -2.44. The molecule has 1 aliphatic rings. The molecule has 2 aromatic carbocycles. The average Bonchev–Trinajstić information content (AvgIpc) is 2.67. The molecule has 2 aromatic rings. The van der Waals surface area contributed by atoms with E-state index in [1.165, 1.54) is 21.9 Å². The fourth-order valence-electron chi connectivity index (χ4n) is 3.43. The summed E-state index contributed by atoms with van der Waals surface area (Å²) >= 11 is 0. The molecule has 0 bridgehead atoms. The van der Waals surface area contributed by atoms with Crippen LogP contribution in [0.4, 0.5) is 10.1 Å². The van der Waals surface area contributed by atoms with Crippen molar-refractivity contribution in [1.29, 1.82) is 0 Å². The molecule has 0 unspecified atom stereocenters. The van der Waals surface area contributed by atoms with Gasteiger partial charge in [0.25, 0.3) is 5.91 Å². The zero-order valence-corrected chi connectivity index (χ0v) is 15.8. The first-order valence-electron chi connectivity index (χ1n) is 9.56. The molecule has 0 aromatic heterocycles. The van der Waals surface area contributed by atoms with Crippen LogP contribution in [0.15, 0.2) is 48.5 Å². The molecule has 0 atom stereocenters. The van der Waals surface area contributed by atoms with Crippen molar-refractivity contribution in [2.24, 2.45) is 0 Å². The summed E-state index contributed by atoms with van der Waals surface area (Å²) in [5.74, 6) is 0.652. The van der Waals surface area contributed by atoms with Crippen LogP contribution >= 0.6 is 0 Å². The molecular formula is C21H28FN3O2+2. The van der Waals surface area contributed by atoms with Crippen LogP contribution in [0.5, 0.6) is 5.75 Å². The average molecular weight is 373 g/mol. The van der Waals surface area contributed by atoms with E-state index in [2.05, 4.69) is 5.32 Å². The van der Waals surface area contributed by atoms with Gasteiger partial charge in [-0.3, -0.25) is 4.79 Å². The first-order chi connectivity index (χ1) is 13.1. The van der Waals surface area contributed by atoms with E-state index in [9.17, 15) is 9.18 Å². The van der Waals surface area contributed by atoms with Gasteiger partial charge >= 0.3 is 0 Å².